The Labute approximate surface area is 117 Å². The van der Waals surface area contributed by atoms with Crippen molar-refractivity contribution in [1.82, 2.24) is 15.5 Å². The number of aliphatic carboxylic acids is 1. The molecule has 2 heterocycles. The SMILES string of the molecule is O=C(O)CCC1CCCCN1C(=O)C1CNC(=O)CN1. The predicted molar refractivity (Wildman–Crippen MR) is 71.0 cm³/mol. The average molecular weight is 283 g/mol. The van der Waals surface area contributed by atoms with Crippen molar-refractivity contribution < 1.29 is 19.5 Å². The molecular weight excluding hydrogens is 262 g/mol. The highest BCUT2D eigenvalue weighted by atomic mass is 16.4. The molecule has 2 rings (SSSR count). The minimum atomic E-state index is -0.828. The molecule has 7 heteroatoms. The van der Waals surface area contributed by atoms with Gasteiger partial charge >= 0.3 is 5.97 Å². The van der Waals surface area contributed by atoms with E-state index in [1.807, 2.05) is 0 Å². The van der Waals surface area contributed by atoms with Crippen LogP contribution in [-0.4, -0.2) is 59.5 Å². The molecular formula is C13H21N3O4. The van der Waals surface area contributed by atoms with E-state index in [1.54, 1.807) is 4.90 Å². The van der Waals surface area contributed by atoms with Gasteiger partial charge in [-0.1, -0.05) is 0 Å². The number of piperidine rings is 1. The van der Waals surface area contributed by atoms with Crippen LogP contribution in [-0.2, 0) is 14.4 Å². The first-order valence-electron chi connectivity index (χ1n) is 7.10. The Morgan fingerprint density at radius 1 is 1.35 bits per heavy atom. The first-order chi connectivity index (χ1) is 9.58. The highest BCUT2D eigenvalue weighted by Crippen LogP contribution is 2.21. The molecule has 0 saturated carbocycles. The molecule has 0 aromatic heterocycles. The Morgan fingerprint density at radius 2 is 2.15 bits per heavy atom. The third kappa shape index (κ3) is 3.69. The number of amides is 2. The average Bonchev–Trinajstić information content (AvgIpc) is 2.45. The van der Waals surface area contributed by atoms with E-state index in [4.69, 9.17) is 5.11 Å². The summed E-state index contributed by atoms with van der Waals surface area (Å²) in [5, 5.41) is 14.4. The topological polar surface area (TPSA) is 98.7 Å². The molecule has 2 fully saturated rings. The molecule has 0 bridgehead atoms. The van der Waals surface area contributed by atoms with Crippen LogP contribution < -0.4 is 10.6 Å². The van der Waals surface area contributed by atoms with Crippen LogP contribution in [0.1, 0.15) is 32.1 Å². The van der Waals surface area contributed by atoms with Gasteiger partial charge in [0, 0.05) is 25.6 Å². The van der Waals surface area contributed by atoms with Gasteiger partial charge in [-0.05, 0) is 25.7 Å². The van der Waals surface area contributed by atoms with Gasteiger partial charge in [0.15, 0.2) is 0 Å². The molecule has 0 aromatic rings. The van der Waals surface area contributed by atoms with Gasteiger partial charge in [-0.15, -0.1) is 0 Å². The molecule has 0 spiro atoms. The molecule has 2 aliphatic heterocycles. The van der Waals surface area contributed by atoms with Crippen LogP contribution in [0.4, 0.5) is 0 Å². The molecule has 2 amide bonds. The van der Waals surface area contributed by atoms with Crippen LogP contribution in [0.15, 0.2) is 0 Å². The number of carbonyl (C=O) groups is 3. The maximum Gasteiger partial charge on any atom is 0.303 e. The molecule has 20 heavy (non-hydrogen) atoms. The van der Waals surface area contributed by atoms with Gasteiger partial charge in [0.25, 0.3) is 0 Å². The first kappa shape index (κ1) is 14.8. The lowest BCUT2D eigenvalue weighted by molar-refractivity contribution is -0.141. The summed E-state index contributed by atoms with van der Waals surface area (Å²) in [6.45, 7) is 1.14. The fourth-order valence-electron chi connectivity index (χ4n) is 2.82. The Balaban J connectivity index is 1.94. The second kappa shape index (κ2) is 6.69. The van der Waals surface area contributed by atoms with Crippen molar-refractivity contribution in [3.05, 3.63) is 0 Å². The Bertz CT molecular complexity index is 389. The van der Waals surface area contributed by atoms with Crippen molar-refractivity contribution in [2.75, 3.05) is 19.6 Å². The van der Waals surface area contributed by atoms with Crippen molar-refractivity contribution >= 4 is 17.8 Å². The number of nitrogens with zero attached hydrogens (tertiary/aromatic N) is 1. The summed E-state index contributed by atoms with van der Waals surface area (Å²) in [6, 6.07) is -0.384. The number of hydrogen-bond donors (Lipinski definition) is 3. The first-order valence-corrected chi connectivity index (χ1v) is 7.10. The summed E-state index contributed by atoms with van der Waals surface area (Å²) in [6.07, 6.45) is 3.43. The number of carboxylic acids is 1. The molecule has 0 aliphatic carbocycles. The van der Waals surface area contributed by atoms with Crippen LogP contribution in [0.25, 0.3) is 0 Å². The van der Waals surface area contributed by atoms with E-state index in [0.717, 1.165) is 19.3 Å². The van der Waals surface area contributed by atoms with Crippen LogP contribution in [0.2, 0.25) is 0 Å². The molecule has 2 unspecified atom stereocenters. The van der Waals surface area contributed by atoms with Crippen molar-refractivity contribution in [3.63, 3.8) is 0 Å². The van der Waals surface area contributed by atoms with E-state index < -0.39 is 12.0 Å². The number of rotatable bonds is 4. The fourth-order valence-corrected chi connectivity index (χ4v) is 2.82. The molecule has 2 saturated heterocycles. The summed E-state index contributed by atoms with van der Waals surface area (Å²) < 4.78 is 0. The zero-order chi connectivity index (χ0) is 14.5. The minimum Gasteiger partial charge on any atom is -0.481 e. The lowest BCUT2D eigenvalue weighted by Crippen LogP contribution is -2.60. The van der Waals surface area contributed by atoms with E-state index in [0.29, 0.717) is 19.5 Å². The minimum absolute atomic E-state index is 0.00628. The van der Waals surface area contributed by atoms with E-state index >= 15 is 0 Å². The van der Waals surface area contributed by atoms with Crippen LogP contribution in [0.5, 0.6) is 0 Å². The number of nitrogens with one attached hydrogen (secondary N) is 2. The summed E-state index contributed by atoms with van der Waals surface area (Å²) in [7, 11) is 0. The van der Waals surface area contributed by atoms with Crippen molar-refractivity contribution in [3.8, 4) is 0 Å². The number of carboxylic acid groups (broad SMARTS) is 1. The van der Waals surface area contributed by atoms with Gasteiger partial charge < -0.3 is 15.3 Å². The number of carbonyl (C=O) groups excluding carboxylic acids is 2. The van der Waals surface area contributed by atoms with Crippen LogP contribution in [0, 0.1) is 0 Å². The number of hydrogen-bond acceptors (Lipinski definition) is 4. The Kier molecular flexibility index (Phi) is 4.94. The van der Waals surface area contributed by atoms with Gasteiger partial charge in [0.05, 0.1) is 6.54 Å². The summed E-state index contributed by atoms with van der Waals surface area (Å²) in [4.78, 5) is 36.1. The zero-order valence-electron chi connectivity index (χ0n) is 11.4. The maximum atomic E-state index is 12.5. The lowest BCUT2D eigenvalue weighted by Gasteiger charge is -2.38. The highest BCUT2D eigenvalue weighted by molar-refractivity contribution is 5.87. The molecule has 0 aromatic carbocycles. The summed E-state index contributed by atoms with van der Waals surface area (Å²) in [5.41, 5.74) is 0. The Morgan fingerprint density at radius 3 is 2.80 bits per heavy atom. The molecule has 3 N–H and O–H groups in total. The second-order valence-corrected chi connectivity index (χ2v) is 5.35. The predicted octanol–water partition coefficient (Wildman–Crippen LogP) is -0.680. The van der Waals surface area contributed by atoms with Gasteiger partial charge in [0.2, 0.25) is 11.8 Å². The smallest absolute Gasteiger partial charge is 0.303 e. The third-order valence-corrected chi connectivity index (χ3v) is 3.91. The quantitative estimate of drug-likeness (QED) is 0.635. The number of piperazine rings is 1. The van der Waals surface area contributed by atoms with Gasteiger partial charge in [-0.2, -0.15) is 0 Å². The standard InChI is InChI=1S/C13H21N3O4/c17-11-8-14-10(7-15-11)13(20)16-6-2-1-3-9(16)4-5-12(18)19/h9-10,14H,1-8H2,(H,15,17)(H,18,19). The second-order valence-electron chi connectivity index (χ2n) is 5.35. The van der Waals surface area contributed by atoms with Gasteiger partial charge in [-0.25, -0.2) is 0 Å². The fraction of sp³-hybridized carbons (Fsp3) is 0.769. The van der Waals surface area contributed by atoms with Crippen molar-refractivity contribution in [1.29, 1.82) is 0 Å². The number of likely N-dealkylation sites (tertiary alicyclic amines) is 1. The molecule has 112 valence electrons. The van der Waals surface area contributed by atoms with Crippen LogP contribution in [0.3, 0.4) is 0 Å². The molecule has 7 nitrogen and oxygen atoms in total. The maximum absolute atomic E-state index is 12.5. The van der Waals surface area contributed by atoms with Crippen molar-refractivity contribution in [2.24, 2.45) is 0 Å². The summed E-state index contributed by atoms with van der Waals surface area (Å²) >= 11 is 0. The molecule has 2 atom stereocenters. The van der Waals surface area contributed by atoms with Crippen molar-refractivity contribution in [2.45, 2.75) is 44.2 Å². The highest BCUT2D eigenvalue weighted by Gasteiger charge is 2.33. The molecule has 2 aliphatic rings. The normalized spacial score (nSPS) is 27.0. The van der Waals surface area contributed by atoms with Gasteiger partial charge in [0.1, 0.15) is 6.04 Å². The van der Waals surface area contributed by atoms with E-state index in [-0.39, 0.29) is 30.8 Å². The van der Waals surface area contributed by atoms with E-state index in [2.05, 4.69) is 10.6 Å². The van der Waals surface area contributed by atoms with E-state index in [9.17, 15) is 14.4 Å². The third-order valence-electron chi connectivity index (χ3n) is 3.91. The van der Waals surface area contributed by atoms with Gasteiger partial charge in [-0.3, -0.25) is 19.7 Å². The molecule has 0 radical (unpaired) electrons. The van der Waals surface area contributed by atoms with E-state index in [1.165, 1.54) is 0 Å². The zero-order valence-corrected chi connectivity index (χ0v) is 11.4. The lowest BCUT2D eigenvalue weighted by atomic mass is 9.96. The van der Waals surface area contributed by atoms with Crippen LogP contribution >= 0.6 is 0 Å². The summed E-state index contributed by atoms with van der Waals surface area (Å²) in [5.74, 6) is -0.957. The largest absolute Gasteiger partial charge is 0.481 e. The Hall–Kier alpha value is -1.63. The monoisotopic (exact) mass is 283 g/mol.